The molecule has 0 saturated heterocycles. The van der Waals surface area contributed by atoms with Crippen LogP contribution < -0.4 is 0 Å². The van der Waals surface area contributed by atoms with Crippen LogP contribution >= 0.6 is 22.9 Å². The van der Waals surface area contributed by atoms with Crippen molar-refractivity contribution in [3.63, 3.8) is 0 Å². The number of fused-ring (bicyclic) bond motifs is 1. The number of pyridine rings is 1. The maximum Gasteiger partial charge on any atom is 0.340 e. The molecule has 2 heterocycles. The first-order chi connectivity index (χ1) is 14.8. The van der Waals surface area contributed by atoms with Gasteiger partial charge in [-0.25, -0.2) is 9.78 Å². The van der Waals surface area contributed by atoms with Gasteiger partial charge in [0.1, 0.15) is 4.83 Å². The van der Waals surface area contributed by atoms with Gasteiger partial charge in [0.15, 0.2) is 0 Å². The van der Waals surface area contributed by atoms with Crippen LogP contribution in [0, 0.1) is 6.92 Å². The molecule has 0 fully saturated rings. The van der Waals surface area contributed by atoms with Crippen molar-refractivity contribution < 1.29 is 9.53 Å². The molecular weight excluding hydrogens is 428 g/mol. The zero-order valence-electron chi connectivity index (χ0n) is 19.2. The number of rotatable bonds is 8. The summed E-state index contributed by atoms with van der Waals surface area (Å²) in [4.78, 5) is 22.9. The van der Waals surface area contributed by atoms with E-state index in [1.807, 2.05) is 31.2 Å². The number of aryl methyl sites for hydroxylation is 1. The molecule has 0 radical (unpaired) electrons. The number of thiophene rings is 1. The third-order valence-corrected chi connectivity index (χ3v) is 7.33. The summed E-state index contributed by atoms with van der Waals surface area (Å²) in [5.41, 5.74) is 4.39. The Bertz CT molecular complexity index is 1070. The fourth-order valence-corrected chi connectivity index (χ4v) is 5.33. The molecule has 2 aromatic heterocycles. The van der Waals surface area contributed by atoms with Crippen molar-refractivity contribution in [2.45, 2.75) is 54.0 Å². The first-order valence-electron chi connectivity index (χ1n) is 10.9. The van der Waals surface area contributed by atoms with Gasteiger partial charge in [0, 0.05) is 27.4 Å². The minimum atomic E-state index is -0.319. The van der Waals surface area contributed by atoms with E-state index in [1.165, 1.54) is 10.4 Å². The van der Waals surface area contributed by atoms with Gasteiger partial charge in [0.05, 0.1) is 17.9 Å². The smallest absolute Gasteiger partial charge is 0.340 e. The number of benzene rings is 1. The van der Waals surface area contributed by atoms with Crippen LogP contribution in [0.5, 0.6) is 0 Å². The Morgan fingerprint density at radius 3 is 2.35 bits per heavy atom. The lowest BCUT2D eigenvalue weighted by Gasteiger charge is -2.21. The Labute approximate surface area is 194 Å². The molecule has 31 heavy (non-hydrogen) atoms. The van der Waals surface area contributed by atoms with Gasteiger partial charge >= 0.3 is 5.97 Å². The lowest BCUT2D eigenvalue weighted by molar-refractivity contribution is 0.0524. The fraction of sp³-hybridized carbons (Fsp3) is 0.440. The summed E-state index contributed by atoms with van der Waals surface area (Å²) in [6, 6.07) is 7.70. The van der Waals surface area contributed by atoms with Crippen molar-refractivity contribution >= 4 is 39.1 Å². The molecule has 0 aliphatic carbocycles. The van der Waals surface area contributed by atoms with Crippen molar-refractivity contribution in [2.24, 2.45) is 0 Å². The predicted molar refractivity (Wildman–Crippen MR) is 131 cm³/mol. The molecule has 1 aromatic carbocycles. The van der Waals surface area contributed by atoms with Crippen LogP contribution in [0.3, 0.4) is 0 Å². The molecule has 3 aromatic rings. The number of carbonyl (C=O) groups excluding carboxylic acids is 1. The van der Waals surface area contributed by atoms with E-state index in [0.717, 1.165) is 40.1 Å². The maximum atomic E-state index is 13.3. The van der Waals surface area contributed by atoms with Crippen LogP contribution in [-0.4, -0.2) is 35.5 Å². The normalized spacial score (nSPS) is 11.6. The molecule has 0 N–H and O–H groups in total. The summed E-state index contributed by atoms with van der Waals surface area (Å²) >= 11 is 7.90. The van der Waals surface area contributed by atoms with E-state index >= 15 is 0 Å². The highest BCUT2D eigenvalue weighted by Gasteiger charge is 2.27. The van der Waals surface area contributed by atoms with E-state index in [-0.39, 0.29) is 5.97 Å². The molecule has 0 atom stereocenters. The molecule has 0 aliphatic heterocycles. The molecule has 0 unspecified atom stereocenters. The van der Waals surface area contributed by atoms with Gasteiger partial charge in [-0.1, -0.05) is 51.4 Å². The SMILES string of the molecule is CCOC(=O)c1c(CN(CC)CC)nc2sc(C(C)C)c(C)c2c1-c1ccc(Cl)cc1. The van der Waals surface area contributed by atoms with Gasteiger partial charge in [-0.2, -0.15) is 0 Å². The van der Waals surface area contributed by atoms with Crippen LogP contribution in [0.25, 0.3) is 21.3 Å². The summed E-state index contributed by atoms with van der Waals surface area (Å²) in [6.07, 6.45) is 0. The number of aromatic nitrogens is 1. The second kappa shape index (κ2) is 10.1. The Kier molecular flexibility index (Phi) is 7.73. The summed E-state index contributed by atoms with van der Waals surface area (Å²) < 4.78 is 5.53. The lowest BCUT2D eigenvalue weighted by atomic mass is 9.93. The molecule has 0 amide bonds. The average molecular weight is 459 g/mol. The summed E-state index contributed by atoms with van der Waals surface area (Å²) in [7, 11) is 0. The number of hydrogen-bond acceptors (Lipinski definition) is 5. The second-order valence-corrected chi connectivity index (χ2v) is 9.39. The summed E-state index contributed by atoms with van der Waals surface area (Å²) in [5, 5.41) is 1.71. The van der Waals surface area contributed by atoms with Crippen LogP contribution in [0.4, 0.5) is 0 Å². The highest BCUT2D eigenvalue weighted by atomic mass is 35.5. The van der Waals surface area contributed by atoms with Gasteiger partial charge in [-0.05, 0) is 56.1 Å². The molecule has 3 rings (SSSR count). The molecule has 0 saturated carbocycles. The zero-order valence-corrected chi connectivity index (χ0v) is 20.8. The molecule has 6 heteroatoms. The predicted octanol–water partition coefficient (Wildman–Crippen LogP) is 7.07. The van der Waals surface area contributed by atoms with E-state index < -0.39 is 0 Å². The van der Waals surface area contributed by atoms with E-state index in [9.17, 15) is 4.79 Å². The third kappa shape index (κ3) is 4.79. The third-order valence-electron chi connectivity index (χ3n) is 5.59. The van der Waals surface area contributed by atoms with Gasteiger partial charge in [0.25, 0.3) is 0 Å². The fourth-order valence-electron chi connectivity index (χ4n) is 3.99. The van der Waals surface area contributed by atoms with Crippen molar-refractivity contribution in [1.29, 1.82) is 0 Å². The number of esters is 1. The average Bonchev–Trinajstić information content (AvgIpc) is 3.08. The molecule has 4 nitrogen and oxygen atoms in total. The Hall–Kier alpha value is -1.95. The van der Waals surface area contributed by atoms with Crippen molar-refractivity contribution in [2.75, 3.05) is 19.7 Å². The van der Waals surface area contributed by atoms with E-state index in [4.69, 9.17) is 21.3 Å². The standard InChI is InChI=1S/C25H31ClN2O2S/c1-7-28(8-2)14-19-22(25(29)30-9-3)21(17-10-12-18(26)13-11-17)20-16(6)23(15(4)5)31-24(20)27-19/h10-13,15H,7-9,14H2,1-6H3. The minimum absolute atomic E-state index is 0.319. The van der Waals surface area contributed by atoms with E-state index in [2.05, 4.69) is 39.5 Å². The van der Waals surface area contributed by atoms with Gasteiger partial charge in [0.2, 0.25) is 0 Å². The Morgan fingerprint density at radius 1 is 1.16 bits per heavy atom. The largest absolute Gasteiger partial charge is 0.462 e. The van der Waals surface area contributed by atoms with E-state index in [1.54, 1.807) is 11.3 Å². The van der Waals surface area contributed by atoms with Gasteiger partial charge < -0.3 is 4.74 Å². The zero-order chi connectivity index (χ0) is 22.7. The molecule has 0 spiro atoms. The maximum absolute atomic E-state index is 13.3. The lowest BCUT2D eigenvalue weighted by Crippen LogP contribution is -2.25. The number of halogens is 1. The van der Waals surface area contributed by atoms with Gasteiger partial charge in [-0.3, -0.25) is 4.90 Å². The number of carbonyl (C=O) groups is 1. The first kappa shape index (κ1) is 23.7. The minimum Gasteiger partial charge on any atom is -0.462 e. The summed E-state index contributed by atoms with van der Waals surface area (Å²) in [6.45, 7) is 15.3. The highest BCUT2D eigenvalue weighted by Crippen LogP contribution is 2.43. The van der Waals surface area contributed by atoms with Crippen LogP contribution in [0.2, 0.25) is 5.02 Å². The monoisotopic (exact) mass is 458 g/mol. The second-order valence-electron chi connectivity index (χ2n) is 7.92. The topological polar surface area (TPSA) is 42.4 Å². The quantitative estimate of drug-likeness (QED) is 0.338. The number of nitrogens with zero attached hydrogens (tertiary/aromatic N) is 2. The number of hydrogen-bond donors (Lipinski definition) is 0. The molecule has 0 bridgehead atoms. The Balaban J connectivity index is 2.43. The van der Waals surface area contributed by atoms with Crippen LogP contribution in [-0.2, 0) is 11.3 Å². The van der Waals surface area contributed by atoms with Crippen LogP contribution in [0.15, 0.2) is 24.3 Å². The van der Waals surface area contributed by atoms with Gasteiger partial charge in [-0.15, -0.1) is 11.3 Å². The highest BCUT2D eigenvalue weighted by molar-refractivity contribution is 7.19. The van der Waals surface area contributed by atoms with Crippen molar-refractivity contribution in [1.82, 2.24) is 9.88 Å². The Morgan fingerprint density at radius 2 is 1.81 bits per heavy atom. The van der Waals surface area contributed by atoms with Crippen molar-refractivity contribution in [3.05, 3.63) is 51.0 Å². The first-order valence-corrected chi connectivity index (χ1v) is 12.1. The summed E-state index contributed by atoms with van der Waals surface area (Å²) in [5.74, 6) is 0.0650. The molecule has 0 aliphatic rings. The molecular formula is C25H31ClN2O2S. The molecule has 166 valence electrons. The van der Waals surface area contributed by atoms with Crippen molar-refractivity contribution in [3.8, 4) is 11.1 Å². The van der Waals surface area contributed by atoms with Crippen LogP contribution in [0.1, 0.15) is 67.0 Å². The van der Waals surface area contributed by atoms with E-state index in [0.29, 0.717) is 29.7 Å². The number of ether oxygens (including phenoxy) is 1.